The number of rotatable bonds is 11. The second-order valence-corrected chi connectivity index (χ2v) is 12.5. The highest BCUT2D eigenvalue weighted by atomic mass is 32.7. The van der Waals surface area contributed by atoms with Crippen LogP contribution in [-0.4, -0.2) is 83.9 Å². The number of aliphatic hydroxyl groups is 3. The SMILES string of the molecule is CCOC(O)[C@@H](C)NP(=O)(OC[C@H]1O[C@@H](n2cnc3c(=O)[nH]c(N)nc32)[C@](C)(O)[C@@H]1O)SCC. The number of ether oxygens (including phenoxy) is 2. The van der Waals surface area contributed by atoms with E-state index in [-0.39, 0.29) is 30.3 Å². The van der Waals surface area contributed by atoms with Gasteiger partial charge in [0, 0.05) is 12.4 Å². The molecule has 7 atom stereocenters. The summed E-state index contributed by atoms with van der Waals surface area (Å²) in [5.41, 5.74) is 3.27. The summed E-state index contributed by atoms with van der Waals surface area (Å²) in [6.45, 7) is 2.84. The van der Waals surface area contributed by atoms with Crippen LogP contribution in [0.2, 0.25) is 0 Å². The number of anilines is 1. The Kier molecular flexibility index (Phi) is 8.43. The molecule has 0 amide bonds. The third-order valence-electron chi connectivity index (χ3n) is 5.29. The lowest BCUT2D eigenvalue weighted by Crippen LogP contribution is -2.44. The van der Waals surface area contributed by atoms with Crippen LogP contribution < -0.4 is 16.4 Å². The third kappa shape index (κ3) is 5.48. The van der Waals surface area contributed by atoms with E-state index >= 15 is 0 Å². The Morgan fingerprint density at radius 1 is 1.50 bits per heavy atom. The van der Waals surface area contributed by atoms with Gasteiger partial charge in [-0.2, -0.15) is 4.98 Å². The minimum absolute atomic E-state index is 0.0160. The lowest BCUT2D eigenvalue weighted by Gasteiger charge is -2.28. The van der Waals surface area contributed by atoms with Gasteiger partial charge in [-0.3, -0.25) is 18.9 Å². The summed E-state index contributed by atoms with van der Waals surface area (Å²) >= 11 is 1.01. The van der Waals surface area contributed by atoms with Gasteiger partial charge < -0.3 is 35.1 Å². The zero-order valence-electron chi connectivity index (χ0n) is 19.2. The minimum atomic E-state index is -3.55. The average Bonchev–Trinajstić information content (AvgIpc) is 3.26. The number of nitrogens with two attached hydrogens (primary N) is 1. The van der Waals surface area contributed by atoms with Crippen LogP contribution in [0.1, 0.15) is 33.9 Å². The predicted octanol–water partition coefficient (Wildman–Crippen LogP) is -0.0781. The number of nitrogens with one attached hydrogen (secondary N) is 2. The fourth-order valence-electron chi connectivity index (χ4n) is 3.57. The van der Waals surface area contributed by atoms with Gasteiger partial charge in [0.15, 0.2) is 23.7 Å². The number of fused-ring (bicyclic) bond motifs is 1. The first-order valence-electron chi connectivity index (χ1n) is 10.7. The fraction of sp³-hybridized carbons (Fsp3) is 0.722. The Balaban J connectivity index is 1.79. The van der Waals surface area contributed by atoms with Crippen molar-refractivity contribution in [1.29, 1.82) is 0 Å². The van der Waals surface area contributed by atoms with E-state index < -0.39 is 48.6 Å². The third-order valence-corrected chi connectivity index (χ3v) is 9.53. The van der Waals surface area contributed by atoms with Gasteiger partial charge in [0.05, 0.1) is 19.0 Å². The van der Waals surface area contributed by atoms with E-state index in [0.29, 0.717) is 5.75 Å². The number of nitrogen functional groups attached to an aromatic ring is 1. The molecule has 14 nitrogen and oxygen atoms in total. The summed E-state index contributed by atoms with van der Waals surface area (Å²) in [5.74, 6) is 0.294. The minimum Gasteiger partial charge on any atom is -0.387 e. The standard InChI is InChI=1S/C18H31N6O8PS/c1-5-30-15(27)9(3)23-33(29,34-6-2)31-7-10-12(25)18(4,28)16(32-10)24-8-20-11-13(24)21-17(19)22-14(11)26/h8-10,12,15-16,25,27-28H,5-7H2,1-4H3,(H,23,29)(H3,19,21,22,26)/t9-,10-,12-,15?,16-,18-,33?/m1/s1. The van der Waals surface area contributed by atoms with E-state index in [2.05, 4.69) is 20.0 Å². The van der Waals surface area contributed by atoms with E-state index in [1.807, 2.05) is 0 Å². The Morgan fingerprint density at radius 3 is 2.85 bits per heavy atom. The second-order valence-electron chi connectivity index (χ2n) is 7.95. The number of imidazole rings is 1. The predicted molar refractivity (Wildman–Crippen MR) is 125 cm³/mol. The van der Waals surface area contributed by atoms with Gasteiger partial charge in [0.1, 0.15) is 17.8 Å². The molecule has 0 radical (unpaired) electrons. The Bertz CT molecular complexity index is 1100. The Hall–Kier alpha value is -1.55. The topological polar surface area (TPSA) is 207 Å². The van der Waals surface area contributed by atoms with Crippen molar-refractivity contribution < 1.29 is 33.9 Å². The van der Waals surface area contributed by atoms with Gasteiger partial charge in [-0.05, 0) is 20.8 Å². The molecule has 16 heteroatoms. The first-order chi connectivity index (χ1) is 15.9. The molecule has 2 aromatic heterocycles. The van der Waals surface area contributed by atoms with E-state index in [1.54, 1.807) is 20.8 Å². The molecule has 0 saturated carbocycles. The molecule has 3 rings (SSSR count). The largest absolute Gasteiger partial charge is 0.387 e. The molecule has 2 aromatic rings. The average molecular weight is 523 g/mol. The Labute approximate surface area is 199 Å². The highest BCUT2D eigenvalue weighted by Crippen LogP contribution is 2.57. The van der Waals surface area contributed by atoms with Gasteiger partial charge in [0.2, 0.25) is 5.95 Å². The highest BCUT2D eigenvalue weighted by Gasteiger charge is 2.54. The van der Waals surface area contributed by atoms with Crippen molar-refractivity contribution in [3.8, 4) is 0 Å². The maximum Gasteiger partial charge on any atom is 0.327 e. The highest BCUT2D eigenvalue weighted by molar-refractivity contribution is 8.56. The van der Waals surface area contributed by atoms with Gasteiger partial charge >= 0.3 is 6.72 Å². The van der Waals surface area contributed by atoms with Gasteiger partial charge in [-0.1, -0.05) is 18.3 Å². The number of hydrogen-bond donors (Lipinski definition) is 6. The molecule has 1 saturated heterocycles. The van der Waals surface area contributed by atoms with Crippen molar-refractivity contribution >= 4 is 35.2 Å². The number of aromatic nitrogens is 4. The lowest BCUT2D eigenvalue weighted by atomic mass is 9.96. The number of nitrogens with zero attached hydrogens (tertiary/aromatic N) is 3. The van der Waals surface area contributed by atoms with E-state index in [0.717, 1.165) is 11.4 Å². The molecule has 34 heavy (non-hydrogen) atoms. The molecular weight excluding hydrogens is 491 g/mol. The van der Waals surface area contributed by atoms with Crippen molar-refractivity contribution in [2.24, 2.45) is 0 Å². The summed E-state index contributed by atoms with van der Waals surface area (Å²) in [4.78, 5) is 22.5. The molecule has 7 N–H and O–H groups in total. The van der Waals surface area contributed by atoms with Gasteiger partial charge in [-0.25, -0.2) is 10.1 Å². The molecular formula is C18H31N6O8PS. The fourth-order valence-corrected chi connectivity index (χ4v) is 7.26. The molecule has 1 aliphatic heterocycles. The Morgan fingerprint density at radius 2 is 2.21 bits per heavy atom. The zero-order chi connectivity index (χ0) is 25.3. The van der Waals surface area contributed by atoms with Crippen LogP contribution >= 0.6 is 18.1 Å². The molecule has 1 fully saturated rings. The first kappa shape index (κ1) is 27.0. The van der Waals surface area contributed by atoms with Gasteiger partial charge in [-0.15, -0.1) is 0 Å². The molecule has 0 aromatic carbocycles. The molecule has 1 aliphatic rings. The summed E-state index contributed by atoms with van der Waals surface area (Å²) in [5, 5.41) is 34.5. The van der Waals surface area contributed by atoms with Crippen LogP contribution in [0.4, 0.5) is 5.95 Å². The normalized spacial score (nSPS) is 28.7. The number of H-pyrrole nitrogens is 1. The molecule has 3 heterocycles. The van der Waals surface area contributed by atoms with Crippen LogP contribution in [0.25, 0.3) is 11.2 Å². The summed E-state index contributed by atoms with van der Waals surface area (Å²) in [6.07, 6.45) is -3.68. The van der Waals surface area contributed by atoms with Crippen molar-refractivity contribution in [3.05, 3.63) is 16.7 Å². The van der Waals surface area contributed by atoms with Crippen LogP contribution in [0.5, 0.6) is 0 Å². The first-order valence-corrected chi connectivity index (χ1v) is 13.9. The smallest absolute Gasteiger partial charge is 0.327 e. The van der Waals surface area contributed by atoms with E-state index in [9.17, 15) is 24.7 Å². The number of hydrogen-bond acceptors (Lipinski definition) is 12. The van der Waals surface area contributed by atoms with E-state index in [4.69, 9.17) is 19.7 Å². The quantitative estimate of drug-likeness (QED) is 0.169. The van der Waals surface area contributed by atoms with Crippen LogP contribution in [0, 0.1) is 0 Å². The van der Waals surface area contributed by atoms with Crippen LogP contribution in [0.3, 0.4) is 0 Å². The molecule has 2 unspecified atom stereocenters. The summed E-state index contributed by atoms with van der Waals surface area (Å²) in [7, 11) is 0. The van der Waals surface area contributed by atoms with Crippen molar-refractivity contribution in [3.63, 3.8) is 0 Å². The van der Waals surface area contributed by atoms with E-state index in [1.165, 1.54) is 17.8 Å². The van der Waals surface area contributed by atoms with Crippen molar-refractivity contribution in [2.45, 2.75) is 64.1 Å². The maximum atomic E-state index is 13.3. The van der Waals surface area contributed by atoms with Crippen molar-refractivity contribution in [2.75, 3.05) is 24.7 Å². The molecule has 0 spiro atoms. The van der Waals surface area contributed by atoms with Crippen LogP contribution in [-0.2, 0) is 18.6 Å². The summed E-state index contributed by atoms with van der Waals surface area (Å²) < 4.78 is 31.2. The monoisotopic (exact) mass is 522 g/mol. The zero-order valence-corrected chi connectivity index (χ0v) is 21.0. The maximum absolute atomic E-state index is 13.3. The molecule has 0 aliphatic carbocycles. The van der Waals surface area contributed by atoms with Gasteiger partial charge in [0.25, 0.3) is 5.56 Å². The molecule has 0 bridgehead atoms. The van der Waals surface area contributed by atoms with Crippen LogP contribution in [0.15, 0.2) is 11.1 Å². The van der Waals surface area contributed by atoms with Crippen molar-refractivity contribution in [1.82, 2.24) is 24.6 Å². The number of aromatic amines is 1. The molecule has 192 valence electrons. The summed E-state index contributed by atoms with van der Waals surface area (Å²) in [6, 6.07) is -0.706. The number of aliphatic hydroxyl groups excluding tert-OH is 2. The second kappa shape index (κ2) is 10.6. The lowest BCUT2D eigenvalue weighted by molar-refractivity contribution is -0.109.